The number of carbonyl (C=O) groups excluding carboxylic acids is 2. The van der Waals surface area contributed by atoms with Crippen LogP contribution in [0.3, 0.4) is 0 Å². The first-order chi connectivity index (χ1) is 17.5. The van der Waals surface area contributed by atoms with E-state index in [2.05, 4.69) is 5.32 Å². The maximum Gasteiger partial charge on any atom is 0.323 e. The predicted octanol–water partition coefficient (Wildman–Crippen LogP) is 3.20. The third-order valence-electron chi connectivity index (χ3n) is 5.89. The Morgan fingerprint density at radius 2 is 1.61 bits per heavy atom. The number of ether oxygens (including phenoxy) is 2. The summed E-state index contributed by atoms with van der Waals surface area (Å²) in [6, 6.07) is 24.1. The molecular formula is C28H28N2O6. The maximum atomic E-state index is 13.4. The number of carbonyl (C=O) groups is 3. The normalized spacial score (nSPS) is 15.8. The molecule has 2 N–H and O–H groups in total. The molecule has 1 aliphatic rings. The second-order valence-corrected chi connectivity index (χ2v) is 8.49. The van der Waals surface area contributed by atoms with Crippen LogP contribution in [0.25, 0.3) is 0 Å². The maximum absolute atomic E-state index is 13.4. The summed E-state index contributed by atoms with van der Waals surface area (Å²) in [6.07, 6.45) is 0.965. The number of aliphatic carboxylic acids is 1. The zero-order chi connectivity index (χ0) is 25.3. The number of esters is 1. The highest BCUT2D eigenvalue weighted by Crippen LogP contribution is 2.31. The average Bonchev–Trinajstić information content (AvgIpc) is 3.02. The van der Waals surface area contributed by atoms with Gasteiger partial charge in [0.25, 0.3) is 0 Å². The molecule has 0 fully saturated rings. The molecular weight excluding hydrogens is 460 g/mol. The first-order valence-electron chi connectivity index (χ1n) is 11.8. The van der Waals surface area contributed by atoms with Gasteiger partial charge in [-0.25, -0.2) is 0 Å². The molecule has 3 aromatic carbocycles. The number of amides is 1. The van der Waals surface area contributed by atoms with Crippen molar-refractivity contribution in [3.05, 3.63) is 96.1 Å². The van der Waals surface area contributed by atoms with Gasteiger partial charge >= 0.3 is 11.9 Å². The Balaban J connectivity index is 1.52. The minimum Gasteiger partial charge on any atom is -0.489 e. The number of aryl methyl sites for hydroxylation is 1. The van der Waals surface area contributed by atoms with Gasteiger partial charge in [-0.2, -0.15) is 0 Å². The van der Waals surface area contributed by atoms with Crippen LogP contribution in [-0.4, -0.2) is 48.2 Å². The number of carboxylic acid groups (broad SMARTS) is 1. The number of para-hydroxylation sites is 2. The molecule has 0 aromatic heterocycles. The van der Waals surface area contributed by atoms with E-state index in [1.807, 2.05) is 60.7 Å². The van der Waals surface area contributed by atoms with Crippen molar-refractivity contribution in [2.24, 2.45) is 0 Å². The van der Waals surface area contributed by atoms with Gasteiger partial charge in [0.1, 0.15) is 37.6 Å². The molecule has 1 unspecified atom stereocenters. The second kappa shape index (κ2) is 12.0. The van der Waals surface area contributed by atoms with E-state index in [1.54, 1.807) is 24.3 Å². The molecule has 8 heteroatoms. The zero-order valence-electron chi connectivity index (χ0n) is 19.7. The van der Waals surface area contributed by atoms with Crippen molar-refractivity contribution in [2.45, 2.75) is 31.5 Å². The molecule has 2 atom stereocenters. The van der Waals surface area contributed by atoms with Gasteiger partial charge in [0.2, 0.25) is 5.91 Å². The summed E-state index contributed by atoms with van der Waals surface area (Å²) in [5.74, 6) is -1.72. The number of carboxylic acids is 1. The number of nitrogens with one attached hydrogen (secondary N) is 1. The summed E-state index contributed by atoms with van der Waals surface area (Å²) in [4.78, 5) is 39.3. The Kier molecular flexibility index (Phi) is 8.31. The summed E-state index contributed by atoms with van der Waals surface area (Å²) in [5, 5.41) is 12.5. The molecule has 0 bridgehead atoms. The van der Waals surface area contributed by atoms with Crippen molar-refractivity contribution in [3.8, 4) is 5.75 Å². The van der Waals surface area contributed by atoms with E-state index in [0.717, 1.165) is 11.1 Å². The molecule has 0 spiro atoms. The quantitative estimate of drug-likeness (QED) is 0.422. The minimum atomic E-state index is -1.15. The van der Waals surface area contributed by atoms with Crippen molar-refractivity contribution in [2.75, 3.05) is 18.1 Å². The smallest absolute Gasteiger partial charge is 0.323 e. The molecule has 8 nitrogen and oxygen atoms in total. The number of rotatable bonds is 10. The fourth-order valence-corrected chi connectivity index (χ4v) is 4.07. The van der Waals surface area contributed by atoms with Crippen LogP contribution in [-0.2, 0) is 32.1 Å². The van der Waals surface area contributed by atoms with E-state index in [-0.39, 0.29) is 13.2 Å². The Bertz CT molecular complexity index is 1180. The fraction of sp³-hybridized carbons (Fsp3) is 0.250. The molecule has 3 aromatic rings. The van der Waals surface area contributed by atoms with E-state index in [0.29, 0.717) is 24.3 Å². The van der Waals surface area contributed by atoms with Crippen LogP contribution >= 0.6 is 0 Å². The number of hydrogen-bond donors (Lipinski definition) is 2. The molecule has 1 aliphatic heterocycles. The Labute approximate surface area is 209 Å². The van der Waals surface area contributed by atoms with E-state index < -0.39 is 36.5 Å². The standard InChI is InChI=1S/C28H28N2O6/c31-26(32)17-30-24-13-7-8-14-25(24)35-19-23(27(30)33)29-22(16-15-20-9-3-1-4-10-20)28(34)36-18-21-11-5-2-6-12-21/h1-14,22-23,29H,15-19H2,(H,31,32)/t22?,23-/m0/s1. The molecule has 186 valence electrons. The number of anilines is 1. The third kappa shape index (κ3) is 6.49. The Morgan fingerprint density at radius 3 is 2.31 bits per heavy atom. The van der Waals surface area contributed by atoms with Crippen molar-refractivity contribution in [1.29, 1.82) is 0 Å². The largest absolute Gasteiger partial charge is 0.489 e. The summed E-state index contributed by atoms with van der Waals surface area (Å²) in [5.41, 5.74) is 2.27. The number of benzene rings is 3. The highest BCUT2D eigenvalue weighted by molar-refractivity contribution is 6.02. The van der Waals surface area contributed by atoms with Gasteiger partial charge in [0.15, 0.2) is 0 Å². The van der Waals surface area contributed by atoms with E-state index in [4.69, 9.17) is 9.47 Å². The van der Waals surface area contributed by atoms with Gasteiger partial charge in [-0.3, -0.25) is 24.6 Å². The van der Waals surface area contributed by atoms with Crippen molar-refractivity contribution >= 4 is 23.5 Å². The molecule has 1 amide bonds. The molecule has 0 aliphatic carbocycles. The van der Waals surface area contributed by atoms with Crippen LogP contribution in [0.1, 0.15) is 17.5 Å². The lowest BCUT2D eigenvalue weighted by atomic mass is 10.0. The van der Waals surface area contributed by atoms with Gasteiger partial charge in [-0.1, -0.05) is 72.8 Å². The molecule has 1 heterocycles. The summed E-state index contributed by atoms with van der Waals surface area (Å²) in [6.45, 7) is -0.473. The van der Waals surface area contributed by atoms with Crippen LogP contribution < -0.4 is 15.0 Å². The molecule has 0 radical (unpaired) electrons. The van der Waals surface area contributed by atoms with Crippen LogP contribution in [0.2, 0.25) is 0 Å². The highest BCUT2D eigenvalue weighted by atomic mass is 16.5. The average molecular weight is 489 g/mol. The lowest BCUT2D eigenvalue weighted by Gasteiger charge is -2.26. The van der Waals surface area contributed by atoms with E-state index in [1.165, 1.54) is 4.90 Å². The van der Waals surface area contributed by atoms with Crippen molar-refractivity contribution in [3.63, 3.8) is 0 Å². The van der Waals surface area contributed by atoms with Gasteiger partial charge in [0.05, 0.1) is 5.69 Å². The molecule has 0 saturated heterocycles. The van der Waals surface area contributed by atoms with E-state index >= 15 is 0 Å². The first kappa shape index (κ1) is 24.9. The van der Waals surface area contributed by atoms with Crippen LogP contribution in [0, 0.1) is 0 Å². The van der Waals surface area contributed by atoms with Gasteiger partial charge in [0, 0.05) is 0 Å². The van der Waals surface area contributed by atoms with Crippen LogP contribution in [0.5, 0.6) is 5.75 Å². The number of fused-ring (bicyclic) bond motifs is 1. The van der Waals surface area contributed by atoms with Gasteiger partial charge in [-0.15, -0.1) is 0 Å². The monoisotopic (exact) mass is 488 g/mol. The lowest BCUT2D eigenvalue weighted by Crippen LogP contribution is -2.55. The third-order valence-corrected chi connectivity index (χ3v) is 5.89. The predicted molar refractivity (Wildman–Crippen MR) is 134 cm³/mol. The minimum absolute atomic E-state index is 0.0558. The van der Waals surface area contributed by atoms with Gasteiger partial charge in [-0.05, 0) is 36.1 Å². The summed E-state index contributed by atoms with van der Waals surface area (Å²) >= 11 is 0. The van der Waals surface area contributed by atoms with Crippen molar-refractivity contribution in [1.82, 2.24) is 5.32 Å². The number of hydrogen-bond acceptors (Lipinski definition) is 6. The van der Waals surface area contributed by atoms with Gasteiger partial charge < -0.3 is 14.6 Å². The molecule has 4 rings (SSSR count). The second-order valence-electron chi connectivity index (χ2n) is 8.49. The zero-order valence-corrected chi connectivity index (χ0v) is 19.7. The Morgan fingerprint density at radius 1 is 0.972 bits per heavy atom. The van der Waals surface area contributed by atoms with E-state index in [9.17, 15) is 19.5 Å². The topological polar surface area (TPSA) is 105 Å². The summed E-state index contributed by atoms with van der Waals surface area (Å²) in [7, 11) is 0. The lowest BCUT2D eigenvalue weighted by molar-refractivity contribution is -0.148. The van der Waals surface area contributed by atoms with Crippen molar-refractivity contribution < 1.29 is 29.0 Å². The van der Waals surface area contributed by atoms with Crippen LogP contribution in [0.15, 0.2) is 84.9 Å². The first-order valence-corrected chi connectivity index (χ1v) is 11.8. The molecule has 0 saturated carbocycles. The number of nitrogens with zero attached hydrogens (tertiary/aromatic N) is 1. The Hall–Kier alpha value is -4.17. The SMILES string of the molecule is O=C(O)CN1C(=O)[C@@H](NC(CCc2ccccc2)C(=O)OCc2ccccc2)COc2ccccc21. The summed E-state index contributed by atoms with van der Waals surface area (Å²) < 4.78 is 11.4. The highest BCUT2D eigenvalue weighted by Gasteiger charge is 2.35. The molecule has 36 heavy (non-hydrogen) atoms. The van der Waals surface area contributed by atoms with Crippen LogP contribution in [0.4, 0.5) is 5.69 Å². The fourth-order valence-electron chi connectivity index (χ4n) is 4.07.